The molecule has 1 heterocycles. The number of carbonyl (C=O) groups excluding carboxylic acids is 3. The maximum atomic E-state index is 11.6. The summed E-state index contributed by atoms with van der Waals surface area (Å²) >= 11 is 0. The van der Waals surface area contributed by atoms with Crippen LogP contribution in [0.2, 0.25) is 0 Å². The van der Waals surface area contributed by atoms with Gasteiger partial charge in [0.25, 0.3) is 0 Å². The number of hydrogen-bond acceptors (Lipinski definition) is 5. The molecule has 1 rings (SSSR count). The number of amides is 2. The number of nitrogens with zero attached hydrogens (tertiary/aromatic N) is 1. The lowest BCUT2D eigenvalue weighted by Gasteiger charge is -2.32. The molecule has 0 spiro atoms. The van der Waals surface area contributed by atoms with Crippen molar-refractivity contribution in [2.45, 2.75) is 38.3 Å². The summed E-state index contributed by atoms with van der Waals surface area (Å²) in [7, 11) is 1.22. The molecule has 2 amide bonds. The SMILES string of the molecule is COC(=O)[C@@H](N)[C@@H](C)N1C(=O)CCCC1=O. The molecular formula is C10H16N2O4. The maximum Gasteiger partial charge on any atom is 0.324 e. The Morgan fingerprint density at radius 3 is 2.31 bits per heavy atom. The van der Waals surface area contributed by atoms with Gasteiger partial charge in [0, 0.05) is 12.8 Å². The Morgan fingerprint density at radius 2 is 1.88 bits per heavy atom. The van der Waals surface area contributed by atoms with E-state index in [9.17, 15) is 14.4 Å². The number of ether oxygens (including phenoxy) is 1. The number of esters is 1. The van der Waals surface area contributed by atoms with Crippen molar-refractivity contribution < 1.29 is 19.1 Å². The minimum absolute atomic E-state index is 0.275. The van der Waals surface area contributed by atoms with Gasteiger partial charge in [-0.2, -0.15) is 0 Å². The molecule has 2 N–H and O–H groups in total. The first-order chi connectivity index (χ1) is 7.49. The minimum atomic E-state index is -0.990. The predicted octanol–water partition coefficient (Wildman–Crippen LogP) is -0.586. The highest BCUT2D eigenvalue weighted by Crippen LogP contribution is 2.16. The van der Waals surface area contributed by atoms with Crippen molar-refractivity contribution >= 4 is 17.8 Å². The van der Waals surface area contributed by atoms with Crippen LogP contribution in [-0.2, 0) is 19.1 Å². The summed E-state index contributed by atoms with van der Waals surface area (Å²) in [5.41, 5.74) is 5.61. The van der Waals surface area contributed by atoms with Crippen LogP contribution >= 0.6 is 0 Å². The summed E-state index contributed by atoms with van der Waals surface area (Å²) in [5, 5.41) is 0. The van der Waals surface area contributed by atoms with E-state index < -0.39 is 18.1 Å². The monoisotopic (exact) mass is 228 g/mol. The van der Waals surface area contributed by atoms with E-state index in [1.54, 1.807) is 6.92 Å². The first kappa shape index (κ1) is 12.6. The van der Waals surface area contributed by atoms with Crippen LogP contribution in [0.5, 0.6) is 0 Å². The highest BCUT2D eigenvalue weighted by atomic mass is 16.5. The molecule has 6 nitrogen and oxygen atoms in total. The molecule has 90 valence electrons. The van der Waals surface area contributed by atoms with E-state index in [0.717, 1.165) is 4.90 Å². The van der Waals surface area contributed by atoms with E-state index in [2.05, 4.69) is 4.74 Å². The van der Waals surface area contributed by atoms with Crippen LogP contribution in [0, 0.1) is 0 Å². The van der Waals surface area contributed by atoms with Crippen LogP contribution in [0.1, 0.15) is 26.2 Å². The minimum Gasteiger partial charge on any atom is -0.468 e. The summed E-state index contributed by atoms with van der Waals surface area (Å²) in [6.45, 7) is 1.57. The van der Waals surface area contributed by atoms with Crippen LogP contribution in [-0.4, -0.2) is 41.9 Å². The molecule has 0 unspecified atom stereocenters. The number of rotatable bonds is 3. The summed E-state index contributed by atoms with van der Waals surface area (Å²) in [6.07, 6.45) is 1.21. The Hall–Kier alpha value is -1.43. The molecule has 1 aliphatic heterocycles. The third-order valence-corrected chi connectivity index (χ3v) is 2.72. The lowest BCUT2D eigenvalue weighted by atomic mass is 10.0. The summed E-state index contributed by atoms with van der Waals surface area (Å²) in [6, 6.07) is -1.65. The van der Waals surface area contributed by atoms with Gasteiger partial charge >= 0.3 is 5.97 Å². The average molecular weight is 228 g/mol. The Bertz CT molecular complexity index is 300. The molecule has 0 aromatic carbocycles. The van der Waals surface area contributed by atoms with E-state index >= 15 is 0 Å². The zero-order valence-electron chi connectivity index (χ0n) is 9.43. The number of methoxy groups -OCH3 is 1. The number of likely N-dealkylation sites (tertiary alicyclic amines) is 1. The fourth-order valence-corrected chi connectivity index (χ4v) is 1.72. The van der Waals surface area contributed by atoms with E-state index in [1.807, 2.05) is 0 Å². The van der Waals surface area contributed by atoms with Gasteiger partial charge in [-0.05, 0) is 13.3 Å². The fourth-order valence-electron chi connectivity index (χ4n) is 1.72. The third-order valence-electron chi connectivity index (χ3n) is 2.72. The van der Waals surface area contributed by atoms with E-state index in [0.29, 0.717) is 19.3 Å². The Kier molecular flexibility index (Phi) is 4.00. The standard InChI is InChI=1S/C10H16N2O4/c1-6(9(11)10(15)16-2)12-7(13)4-3-5-8(12)14/h6,9H,3-5,11H2,1-2H3/t6-,9+/m1/s1. The molecule has 2 atom stereocenters. The van der Waals surface area contributed by atoms with Gasteiger partial charge in [0.1, 0.15) is 6.04 Å². The van der Waals surface area contributed by atoms with Gasteiger partial charge in [-0.25, -0.2) is 0 Å². The Balaban J connectivity index is 2.78. The van der Waals surface area contributed by atoms with Crippen LogP contribution in [0.3, 0.4) is 0 Å². The topological polar surface area (TPSA) is 89.7 Å². The van der Waals surface area contributed by atoms with E-state index in [4.69, 9.17) is 5.73 Å². The smallest absolute Gasteiger partial charge is 0.324 e. The van der Waals surface area contributed by atoms with Crippen molar-refractivity contribution in [1.29, 1.82) is 0 Å². The molecule has 1 aliphatic rings. The zero-order valence-corrected chi connectivity index (χ0v) is 9.43. The van der Waals surface area contributed by atoms with Crippen molar-refractivity contribution in [1.82, 2.24) is 4.90 Å². The normalized spacial score (nSPS) is 20.6. The van der Waals surface area contributed by atoms with E-state index in [1.165, 1.54) is 7.11 Å². The van der Waals surface area contributed by atoms with Crippen molar-refractivity contribution in [2.75, 3.05) is 7.11 Å². The van der Waals surface area contributed by atoms with Crippen molar-refractivity contribution in [3.05, 3.63) is 0 Å². The molecular weight excluding hydrogens is 212 g/mol. The van der Waals surface area contributed by atoms with Gasteiger partial charge in [-0.15, -0.1) is 0 Å². The highest BCUT2D eigenvalue weighted by Gasteiger charge is 2.35. The van der Waals surface area contributed by atoms with Crippen molar-refractivity contribution in [3.8, 4) is 0 Å². The highest BCUT2D eigenvalue weighted by molar-refractivity contribution is 5.98. The summed E-state index contributed by atoms with van der Waals surface area (Å²) in [4.78, 5) is 35.4. The molecule has 6 heteroatoms. The van der Waals surface area contributed by atoms with Crippen LogP contribution < -0.4 is 5.73 Å². The van der Waals surface area contributed by atoms with Gasteiger partial charge in [-0.3, -0.25) is 19.3 Å². The quantitative estimate of drug-likeness (QED) is 0.515. The molecule has 0 saturated carbocycles. The van der Waals surface area contributed by atoms with Gasteiger partial charge in [0.05, 0.1) is 13.2 Å². The van der Waals surface area contributed by atoms with Gasteiger partial charge in [0.15, 0.2) is 0 Å². The van der Waals surface area contributed by atoms with Gasteiger partial charge in [-0.1, -0.05) is 0 Å². The first-order valence-electron chi connectivity index (χ1n) is 5.17. The molecule has 0 aromatic heterocycles. The van der Waals surface area contributed by atoms with E-state index in [-0.39, 0.29) is 11.8 Å². The summed E-state index contributed by atoms with van der Waals surface area (Å²) in [5.74, 6) is -1.18. The Labute approximate surface area is 93.7 Å². The molecule has 1 fully saturated rings. The number of hydrogen-bond donors (Lipinski definition) is 1. The molecule has 0 radical (unpaired) electrons. The van der Waals surface area contributed by atoms with Gasteiger partial charge < -0.3 is 10.5 Å². The largest absolute Gasteiger partial charge is 0.468 e. The first-order valence-corrected chi connectivity index (χ1v) is 5.17. The molecule has 0 aromatic rings. The fraction of sp³-hybridized carbons (Fsp3) is 0.700. The lowest BCUT2D eigenvalue weighted by molar-refractivity contribution is -0.153. The lowest BCUT2D eigenvalue weighted by Crippen LogP contribution is -2.56. The van der Waals surface area contributed by atoms with Crippen LogP contribution in [0.4, 0.5) is 0 Å². The zero-order chi connectivity index (χ0) is 12.3. The molecule has 0 bridgehead atoms. The molecule has 0 aliphatic carbocycles. The molecule has 16 heavy (non-hydrogen) atoms. The second-order valence-electron chi connectivity index (χ2n) is 3.80. The molecule has 1 saturated heterocycles. The van der Waals surface area contributed by atoms with Crippen LogP contribution in [0.15, 0.2) is 0 Å². The maximum absolute atomic E-state index is 11.6. The van der Waals surface area contributed by atoms with Crippen molar-refractivity contribution in [3.63, 3.8) is 0 Å². The van der Waals surface area contributed by atoms with Crippen molar-refractivity contribution in [2.24, 2.45) is 5.73 Å². The third kappa shape index (κ3) is 2.38. The van der Waals surface area contributed by atoms with Gasteiger partial charge in [0.2, 0.25) is 11.8 Å². The second-order valence-corrected chi connectivity index (χ2v) is 3.80. The number of piperidine rings is 1. The second kappa shape index (κ2) is 5.07. The number of nitrogens with two attached hydrogens (primary N) is 1. The average Bonchev–Trinajstić information content (AvgIpc) is 2.26. The number of carbonyl (C=O) groups is 3. The predicted molar refractivity (Wildman–Crippen MR) is 55.2 cm³/mol. The van der Waals surface area contributed by atoms with Crippen LogP contribution in [0.25, 0.3) is 0 Å². The summed E-state index contributed by atoms with van der Waals surface area (Å²) < 4.78 is 4.48. The Morgan fingerprint density at radius 1 is 1.38 bits per heavy atom. The number of imide groups is 1.